The Morgan fingerprint density at radius 1 is 1.00 bits per heavy atom. The second-order valence-electron chi connectivity index (χ2n) is 5.06. The molecule has 0 bridgehead atoms. The van der Waals surface area contributed by atoms with Gasteiger partial charge in [0, 0.05) is 11.3 Å². The summed E-state index contributed by atoms with van der Waals surface area (Å²) in [5.41, 5.74) is 2.38. The van der Waals surface area contributed by atoms with Crippen LogP contribution < -0.4 is 0 Å². The molecule has 0 aliphatic carbocycles. The molecule has 2 nitrogen and oxygen atoms in total. The monoisotopic (exact) mass is 246 g/mol. The van der Waals surface area contributed by atoms with Gasteiger partial charge in [0.1, 0.15) is 22.7 Å². The van der Waals surface area contributed by atoms with Crippen molar-refractivity contribution in [2.45, 2.75) is 33.6 Å². The van der Waals surface area contributed by atoms with Gasteiger partial charge in [-0.05, 0) is 31.5 Å². The van der Waals surface area contributed by atoms with Crippen LogP contribution >= 0.6 is 0 Å². The Labute approximate surface area is 104 Å². The number of benzene rings is 1. The van der Waals surface area contributed by atoms with Crippen molar-refractivity contribution < 1.29 is 13.2 Å². The number of hydrogen-bond acceptors (Lipinski definition) is 2. The van der Waals surface area contributed by atoms with Crippen LogP contribution in [0.4, 0.5) is 4.39 Å². The molecule has 1 aromatic carbocycles. The predicted octanol–water partition coefficient (Wildman–Crippen LogP) is 5.06. The summed E-state index contributed by atoms with van der Waals surface area (Å²) in [5, 5.41) is 1.49. The van der Waals surface area contributed by atoms with Gasteiger partial charge >= 0.3 is 0 Å². The Kier molecular flexibility index (Phi) is 2.27. The summed E-state index contributed by atoms with van der Waals surface area (Å²) in [6.45, 7) is 7.74. The summed E-state index contributed by atoms with van der Waals surface area (Å²) in [5.74, 6) is 1.04. The zero-order chi connectivity index (χ0) is 13.0. The smallest absolute Gasteiger partial charge is 0.172 e. The van der Waals surface area contributed by atoms with Crippen molar-refractivity contribution in [2.24, 2.45) is 0 Å². The molecule has 3 aromatic rings. The van der Waals surface area contributed by atoms with E-state index in [0.717, 1.165) is 16.7 Å². The van der Waals surface area contributed by atoms with Crippen molar-refractivity contribution in [2.75, 3.05) is 0 Å². The van der Waals surface area contributed by atoms with Crippen molar-refractivity contribution in [3.05, 3.63) is 35.0 Å². The highest BCUT2D eigenvalue weighted by atomic mass is 19.1. The molecule has 2 heterocycles. The van der Waals surface area contributed by atoms with Gasteiger partial charge in [-0.25, -0.2) is 4.39 Å². The Morgan fingerprint density at radius 3 is 2.28 bits per heavy atom. The second kappa shape index (κ2) is 3.61. The lowest BCUT2D eigenvalue weighted by molar-refractivity contribution is 0.474. The molecule has 3 rings (SSSR count). The van der Waals surface area contributed by atoms with Crippen molar-refractivity contribution in [3.63, 3.8) is 0 Å². The summed E-state index contributed by atoms with van der Waals surface area (Å²) >= 11 is 0. The van der Waals surface area contributed by atoms with Crippen molar-refractivity contribution in [1.29, 1.82) is 0 Å². The lowest BCUT2D eigenvalue weighted by atomic mass is 10.1. The maximum absolute atomic E-state index is 14.2. The second-order valence-corrected chi connectivity index (χ2v) is 5.06. The van der Waals surface area contributed by atoms with Crippen LogP contribution in [-0.4, -0.2) is 0 Å². The molecule has 2 aromatic heterocycles. The third-order valence-electron chi connectivity index (χ3n) is 3.47. The molecule has 0 saturated carbocycles. The number of halogens is 1. The molecular weight excluding hydrogens is 231 g/mol. The number of fused-ring (bicyclic) bond motifs is 2. The summed E-state index contributed by atoms with van der Waals surface area (Å²) in [6, 6.07) is 3.60. The molecular formula is C15H15FO2. The molecule has 0 fully saturated rings. The van der Waals surface area contributed by atoms with Crippen LogP contribution in [0.25, 0.3) is 21.9 Å². The first kappa shape index (κ1) is 11.3. The molecule has 0 unspecified atom stereocenters. The van der Waals surface area contributed by atoms with E-state index >= 15 is 0 Å². The van der Waals surface area contributed by atoms with E-state index in [1.807, 2.05) is 33.8 Å². The lowest BCUT2D eigenvalue weighted by Crippen LogP contribution is -1.86. The fraction of sp³-hybridized carbons (Fsp3) is 0.333. The van der Waals surface area contributed by atoms with E-state index in [1.54, 1.807) is 6.07 Å². The highest BCUT2D eigenvalue weighted by Crippen LogP contribution is 2.34. The van der Waals surface area contributed by atoms with Crippen molar-refractivity contribution in [1.82, 2.24) is 0 Å². The predicted molar refractivity (Wildman–Crippen MR) is 69.5 cm³/mol. The van der Waals surface area contributed by atoms with E-state index in [1.165, 1.54) is 0 Å². The Hall–Kier alpha value is -1.77. The Bertz CT molecular complexity index is 747. The minimum atomic E-state index is -0.270. The molecule has 0 spiro atoms. The van der Waals surface area contributed by atoms with E-state index in [-0.39, 0.29) is 11.7 Å². The molecule has 94 valence electrons. The Balaban J connectivity index is 2.41. The topological polar surface area (TPSA) is 26.3 Å². The third kappa shape index (κ3) is 1.40. The van der Waals surface area contributed by atoms with Crippen LogP contribution in [0.3, 0.4) is 0 Å². The molecule has 0 radical (unpaired) electrons. The quantitative estimate of drug-likeness (QED) is 0.600. The average molecular weight is 246 g/mol. The number of furan rings is 2. The van der Waals surface area contributed by atoms with Crippen LogP contribution in [0, 0.1) is 19.7 Å². The summed E-state index contributed by atoms with van der Waals surface area (Å²) in [4.78, 5) is 0. The molecule has 0 atom stereocenters. The summed E-state index contributed by atoms with van der Waals surface area (Å²) < 4.78 is 25.4. The third-order valence-corrected chi connectivity index (χ3v) is 3.47. The normalized spacial score (nSPS) is 12.1. The minimum Gasteiger partial charge on any atom is -0.461 e. The van der Waals surface area contributed by atoms with Gasteiger partial charge in [-0.3, -0.25) is 0 Å². The maximum Gasteiger partial charge on any atom is 0.172 e. The highest BCUT2D eigenvalue weighted by Gasteiger charge is 2.19. The SMILES string of the molecule is Cc1oc2cc3c(F)c(C(C)C)oc3cc2c1C. The van der Waals surface area contributed by atoms with Crippen molar-refractivity contribution >= 4 is 21.9 Å². The zero-order valence-corrected chi connectivity index (χ0v) is 10.9. The number of hydrogen-bond donors (Lipinski definition) is 0. The van der Waals surface area contributed by atoms with Gasteiger partial charge in [-0.2, -0.15) is 0 Å². The molecule has 0 saturated heterocycles. The Morgan fingerprint density at radius 2 is 1.61 bits per heavy atom. The van der Waals surface area contributed by atoms with Gasteiger partial charge in [0.05, 0.1) is 5.39 Å². The van der Waals surface area contributed by atoms with Gasteiger partial charge in [0.15, 0.2) is 5.82 Å². The van der Waals surface area contributed by atoms with Crippen LogP contribution in [0.15, 0.2) is 21.0 Å². The minimum absolute atomic E-state index is 0.0338. The standard InChI is InChI=1S/C15H15FO2/c1-7(2)15-14(16)11-6-12-10(5-13(11)18-15)8(3)9(4)17-12/h5-7H,1-4H3. The fourth-order valence-electron chi connectivity index (χ4n) is 2.29. The summed E-state index contributed by atoms with van der Waals surface area (Å²) in [7, 11) is 0. The van der Waals surface area contributed by atoms with Crippen LogP contribution in [0.5, 0.6) is 0 Å². The average Bonchev–Trinajstić information content (AvgIpc) is 2.78. The van der Waals surface area contributed by atoms with E-state index in [0.29, 0.717) is 22.3 Å². The van der Waals surface area contributed by atoms with Crippen LogP contribution in [-0.2, 0) is 0 Å². The van der Waals surface area contributed by atoms with Crippen LogP contribution in [0.1, 0.15) is 36.8 Å². The van der Waals surface area contributed by atoms with Gasteiger partial charge in [-0.15, -0.1) is 0 Å². The fourth-order valence-corrected chi connectivity index (χ4v) is 2.29. The molecule has 0 amide bonds. The zero-order valence-electron chi connectivity index (χ0n) is 10.9. The van der Waals surface area contributed by atoms with Crippen LogP contribution in [0.2, 0.25) is 0 Å². The highest BCUT2D eigenvalue weighted by molar-refractivity contribution is 5.95. The molecule has 0 aliphatic rings. The van der Waals surface area contributed by atoms with Gasteiger partial charge in [0.25, 0.3) is 0 Å². The van der Waals surface area contributed by atoms with Gasteiger partial charge in [0.2, 0.25) is 0 Å². The summed E-state index contributed by atoms with van der Waals surface area (Å²) in [6.07, 6.45) is 0. The molecule has 3 heteroatoms. The van der Waals surface area contributed by atoms with E-state index in [2.05, 4.69) is 0 Å². The van der Waals surface area contributed by atoms with Gasteiger partial charge < -0.3 is 8.83 Å². The molecule has 0 N–H and O–H groups in total. The first-order valence-electron chi connectivity index (χ1n) is 6.10. The van der Waals surface area contributed by atoms with Gasteiger partial charge in [-0.1, -0.05) is 13.8 Å². The largest absolute Gasteiger partial charge is 0.461 e. The number of rotatable bonds is 1. The first-order valence-corrected chi connectivity index (χ1v) is 6.10. The van der Waals surface area contributed by atoms with Crippen molar-refractivity contribution in [3.8, 4) is 0 Å². The van der Waals surface area contributed by atoms with E-state index in [9.17, 15) is 4.39 Å². The van der Waals surface area contributed by atoms with E-state index < -0.39 is 0 Å². The molecule has 0 aliphatic heterocycles. The lowest BCUT2D eigenvalue weighted by Gasteiger charge is -1.97. The maximum atomic E-state index is 14.2. The number of aryl methyl sites for hydroxylation is 2. The molecule has 18 heavy (non-hydrogen) atoms. The van der Waals surface area contributed by atoms with E-state index in [4.69, 9.17) is 8.83 Å². The first-order chi connectivity index (χ1) is 8.49.